The Morgan fingerprint density at radius 3 is 2.89 bits per heavy atom. The second kappa shape index (κ2) is 5.76. The summed E-state index contributed by atoms with van der Waals surface area (Å²) in [5, 5.41) is 8.14. The largest absolute Gasteiger partial charge is 0.361 e. The molecule has 100 valence electrons. The summed E-state index contributed by atoms with van der Waals surface area (Å²) < 4.78 is 5.44. The van der Waals surface area contributed by atoms with Gasteiger partial charge in [0.15, 0.2) is 0 Å². The van der Waals surface area contributed by atoms with Gasteiger partial charge in [-0.1, -0.05) is 28.9 Å². The molecule has 19 heavy (non-hydrogen) atoms. The van der Waals surface area contributed by atoms with Crippen molar-refractivity contribution in [2.24, 2.45) is 5.92 Å². The third-order valence-corrected chi connectivity index (χ3v) is 3.93. The second-order valence-electron chi connectivity index (χ2n) is 5.09. The van der Waals surface area contributed by atoms with Crippen LogP contribution in [0.2, 0.25) is 5.02 Å². The van der Waals surface area contributed by atoms with Crippen LogP contribution < -0.4 is 5.32 Å². The molecule has 2 aromatic rings. The highest BCUT2D eigenvalue weighted by molar-refractivity contribution is 6.30. The first-order valence-electron chi connectivity index (χ1n) is 6.73. The molecule has 3 rings (SSSR count). The maximum absolute atomic E-state index is 5.92. The van der Waals surface area contributed by atoms with Crippen LogP contribution >= 0.6 is 11.6 Å². The zero-order chi connectivity index (χ0) is 13.1. The van der Waals surface area contributed by atoms with Crippen LogP contribution in [-0.2, 0) is 6.42 Å². The number of halogens is 1. The Morgan fingerprint density at radius 2 is 2.16 bits per heavy atom. The van der Waals surface area contributed by atoms with Gasteiger partial charge in [0, 0.05) is 17.0 Å². The Balaban J connectivity index is 1.79. The zero-order valence-electron chi connectivity index (χ0n) is 10.7. The molecule has 1 aliphatic rings. The third-order valence-electron chi connectivity index (χ3n) is 3.67. The van der Waals surface area contributed by atoms with E-state index in [2.05, 4.69) is 10.5 Å². The summed E-state index contributed by atoms with van der Waals surface area (Å²) in [6.07, 6.45) is 5.25. The normalized spacial score (nSPS) is 19.5. The minimum absolute atomic E-state index is 0.646. The van der Waals surface area contributed by atoms with Gasteiger partial charge in [0.1, 0.15) is 5.76 Å². The van der Waals surface area contributed by atoms with Gasteiger partial charge in [0.2, 0.25) is 0 Å². The van der Waals surface area contributed by atoms with Crippen LogP contribution in [0.3, 0.4) is 0 Å². The number of nitrogens with zero attached hydrogens (tertiary/aromatic N) is 1. The van der Waals surface area contributed by atoms with Crippen molar-refractivity contribution in [2.75, 3.05) is 13.1 Å². The molecule has 1 aromatic carbocycles. The highest BCUT2D eigenvalue weighted by Crippen LogP contribution is 2.28. The van der Waals surface area contributed by atoms with Crippen molar-refractivity contribution < 1.29 is 4.52 Å². The van der Waals surface area contributed by atoms with Gasteiger partial charge in [-0.25, -0.2) is 0 Å². The fourth-order valence-corrected chi connectivity index (χ4v) is 2.76. The first kappa shape index (κ1) is 12.7. The van der Waals surface area contributed by atoms with Crippen LogP contribution in [-0.4, -0.2) is 18.2 Å². The van der Waals surface area contributed by atoms with E-state index in [4.69, 9.17) is 16.1 Å². The molecule has 3 nitrogen and oxygen atoms in total. The van der Waals surface area contributed by atoms with E-state index in [1.165, 1.54) is 12.8 Å². The second-order valence-corrected chi connectivity index (χ2v) is 5.52. The SMILES string of the molecule is Clc1ccc(-c2cnoc2CC2CCCNC2)cc1. The lowest BCUT2D eigenvalue weighted by Crippen LogP contribution is -2.30. The van der Waals surface area contributed by atoms with Crippen LogP contribution in [0, 0.1) is 5.92 Å². The predicted molar refractivity (Wildman–Crippen MR) is 76.2 cm³/mol. The lowest BCUT2D eigenvalue weighted by molar-refractivity contribution is 0.321. The molecule has 1 saturated heterocycles. The maximum atomic E-state index is 5.92. The number of aromatic nitrogens is 1. The number of hydrogen-bond donors (Lipinski definition) is 1. The Kier molecular flexibility index (Phi) is 3.85. The van der Waals surface area contributed by atoms with Gasteiger partial charge in [0.25, 0.3) is 0 Å². The molecule has 4 heteroatoms. The molecule has 1 unspecified atom stereocenters. The minimum atomic E-state index is 0.646. The Bertz CT molecular complexity index is 529. The summed E-state index contributed by atoms with van der Waals surface area (Å²) in [7, 11) is 0. The summed E-state index contributed by atoms with van der Waals surface area (Å²) in [5.74, 6) is 1.63. The standard InChI is InChI=1S/C15H17ClN2O/c16-13-5-3-12(4-6-13)14-10-18-19-15(14)8-11-2-1-7-17-9-11/h3-6,10-11,17H,1-2,7-9H2. The maximum Gasteiger partial charge on any atom is 0.144 e. The van der Waals surface area contributed by atoms with Gasteiger partial charge in [-0.15, -0.1) is 0 Å². The molecule has 1 aromatic heterocycles. The zero-order valence-corrected chi connectivity index (χ0v) is 11.5. The summed E-state index contributed by atoms with van der Waals surface area (Å²) in [6.45, 7) is 2.21. The number of hydrogen-bond acceptors (Lipinski definition) is 3. The smallest absolute Gasteiger partial charge is 0.144 e. The molecule has 1 N–H and O–H groups in total. The molecule has 0 radical (unpaired) electrons. The monoisotopic (exact) mass is 276 g/mol. The molecule has 0 aliphatic carbocycles. The first-order chi connectivity index (χ1) is 9.33. The van der Waals surface area contributed by atoms with Crippen LogP contribution in [0.25, 0.3) is 11.1 Å². The van der Waals surface area contributed by atoms with Crippen molar-refractivity contribution in [1.82, 2.24) is 10.5 Å². The van der Waals surface area contributed by atoms with E-state index < -0.39 is 0 Å². The van der Waals surface area contributed by atoms with Crippen LogP contribution in [0.5, 0.6) is 0 Å². The van der Waals surface area contributed by atoms with Crippen LogP contribution in [0.15, 0.2) is 35.0 Å². The predicted octanol–water partition coefficient (Wildman–Crippen LogP) is 3.54. The molecular weight excluding hydrogens is 260 g/mol. The lowest BCUT2D eigenvalue weighted by atomic mass is 9.93. The summed E-state index contributed by atoms with van der Waals surface area (Å²) in [6, 6.07) is 7.82. The summed E-state index contributed by atoms with van der Waals surface area (Å²) in [4.78, 5) is 0. The van der Waals surface area contributed by atoms with E-state index in [1.807, 2.05) is 24.3 Å². The van der Waals surface area contributed by atoms with E-state index in [1.54, 1.807) is 6.20 Å². The molecule has 2 heterocycles. The number of piperidine rings is 1. The van der Waals surface area contributed by atoms with E-state index in [0.717, 1.165) is 41.4 Å². The molecule has 0 bridgehead atoms. The highest BCUT2D eigenvalue weighted by atomic mass is 35.5. The van der Waals surface area contributed by atoms with Gasteiger partial charge < -0.3 is 9.84 Å². The Labute approximate surface area is 117 Å². The molecular formula is C15H17ClN2O. The van der Waals surface area contributed by atoms with E-state index in [9.17, 15) is 0 Å². The Hall–Kier alpha value is -1.32. The van der Waals surface area contributed by atoms with Crippen molar-refractivity contribution in [1.29, 1.82) is 0 Å². The van der Waals surface area contributed by atoms with Crippen molar-refractivity contribution in [3.63, 3.8) is 0 Å². The highest BCUT2D eigenvalue weighted by Gasteiger charge is 2.18. The fourth-order valence-electron chi connectivity index (χ4n) is 2.64. The van der Waals surface area contributed by atoms with Gasteiger partial charge >= 0.3 is 0 Å². The lowest BCUT2D eigenvalue weighted by Gasteiger charge is -2.21. The average Bonchev–Trinajstić information content (AvgIpc) is 2.89. The van der Waals surface area contributed by atoms with E-state index >= 15 is 0 Å². The number of benzene rings is 1. The Morgan fingerprint density at radius 1 is 1.32 bits per heavy atom. The van der Waals surface area contributed by atoms with Crippen molar-refractivity contribution >= 4 is 11.6 Å². The van der Waals surface area contributed by atoms with Crippen LogP contribution in [0.4, 0.5) is 0 Å². The fraction of sp³-hybridized carbons (Fsp3) is 0.400. The quantitative estimate of drug-likeness (QED) is 0.932. The van der Waals surface area contributed by atoms with E-state index in [0.29, 0.717) is 5.92 Å². The van der Waals surface area contributed by atoms with Gasteiger partial charge in [-0.05, 0) is 49.5 Å². The minimum Gasteiger partial charge on any atom is -0.361 e. The average molecular weight is 277 g/mol. The van der Waals surface area contributed by atoms with Gasteiger partial charge in [-0.3, -0.25) is 0 Å². The number of rotatable bonds is 3. The van der Waals surface area contributed by atoms with Gasteiger partial charge in [0.05, 0.1) is 6.20 Å². The molecule has 1 atom stereocenters. The van der Waals surface area contributed by atoms with E-state index in [-0.39, 0.29) is 0 Å². The molecule has 1 aliphatic heterocycles. The first-order valence-corrected chi connectivity index (χ1v) is 7.11. The third kappa shape index (κ3) is 2.99. The summed E-state index contributed by atoms with van der Waals surface area (Å²) >= 11 is 5.92. The molecule has 0 saturated carbocycles. The van der Waals surface area contributed by atoms with Gasteiger partial charge in [-0.2, -0.15) is 0 Å². The van der Waals surface area contributed by atoms with Crippen molar-refractivity contribution in [3.05, 3.63) is 41.2 Å². The van der Waals surface area contributed by atoms with Crippen molar-refractivity contribution in [2.45, 2.75) is 19.3 Å². The molecule has 1 fully saturated rings. The summed E-state index contributed by atoms with van der Waals surface area (Å²) in [5.41, 5.74) is 2.20. The van der Waals surface area contributed by atoms with Crippen molar-refractivity contribution in [3.8, 4) is 11.1 Å². The topological polar surface area (TPSA) is 38.1 Å². The molecule has 0 amide bonds. The molecule has 0 spiro atoms. The van der Waals surface area contributed by atoms with Crippen LogP contribution in [0.1, 0.15) is 18.6 Å². The number of nitrogens with one attached hydrogen (secondary N) is 1.